The molecule has 0 bridgehead atoms. The molecule has 1 aliphatic heterocycles. The smallest absolute Gasteiger partial charge is 0.0567 e. The van der Waals surface area contributed by atoms with E-state index in [4.69, 9.17) is 0 Å². The van der Waals surface area contributed by atoms with Gasteiger partial charge in [-0.2, -0.15) is 0 Å². The molecular weight excluding hydrogens is 506 g/mol. The summed E-state index contributed by atoms with van der Waals surface area (Å²) >= 11 is 0. The monoisotopic (exact) mass is 541 g/mol. The van der Waals surface area contributed by atoms with Crippen molar-refractivity contribution in [2.75, 3.05) is 11.4 Å². The molecule has 0 aromatic heterocycles. The van der Waals surface area contributed by atoms with Crippen molar-refractivity contribution in [1.29, 1.82) is 0 Å². The average molecular weight is 542 g/mol. The van der Waals surface area contributed by atoms with Crippen molar-refractivity contribution in [3.05, 3.63) is 130 Å². The van der Waals surface area contributed by atoms with Crippen LogP contribution >= 0.6 is 0 Å². The fourth-order valence-corrected chi connectivity index (χ4v) is 7.96. The van der Waals surface area contributed by atoms with E-state index in [1.807, 2.05) is 0 Å². The minimum atomic E-state index is -0.0739. The highest BCUT2D eigenvalue weighted by molar-refractivity contribution is 6.14. The lowest BCUT2D eigenvalue weighted by atomic mass is 9.79. The first kappa shape index (κ1) is 25.1. The number of hydrogen-bond donors (Lipinski definition) is 0. The molecule has 0 saturated carbocycles. The lowest BCUT2D eigenvalue weighted by Crippen LogP contribution is -2.34. The van der Waals surface area contributed by atoms with Crippen molar-refractivity contribution < 1.29 is 0 Å². The molecule has 6 aromatic carbocycles. The van der Waals surface area contributed by atoms with Crippen LogP contribution in [-0.2, 0) is 11.8 Å². The number of benzene rings is 6. The number of anilines is 2. The van der Waals surface area contributed by atoms with E-state index in [0.29, 0.717) is 0 Å². The van der Waals surface area contributed by atoms with Gasteiger partial charge in [-0.25, -0.2) is 0 Å². The van der Waals surface area contributed by atoms with E-state index in [-0.39, 0.29) is 5.41 Å². The SMILES string of the molecule is C/C=c1/c(-c2cc3c(c4ccccc24)-c2ccccc2C3(C)C)c2ccccc2c(N2CCc3ccccc32)/c1=C/C. The molecule has 1 aliphatic carbocycles. The minimum absolute atomic E-state index is 0.0739. The number of para-hydroxylation sites is 1. The van der Waals surface area contributed by atoms with Gasteiger partial charge in [0.1, 0.15) is 0 Å². The molecule has 0 radical (unpaired) electrons. The number of rotatable bonds is 2. The van der Waals surface area contributed by atoms with Crippen LogP contribution in [-0.4, -0.2) is 6.54 Å². The van der Waals surface area contributed by atoms with Gasteiger partial charge in [-0.3, -0.25) is 0 Å². The van der Waals surface area contributed by atoms with Gasteiger partial charge in [0.15, 0.2) is 0 Å². The first-order chi connectivity index (χ1) is 20.5. The molecule has 0 N–H and O–H groups in total. The minimum Gasteiger partial charge on any atom is -0.340 e. The number of nitrogens with zero attached hydrogens (tertiary/aromatic N) is 1. The fraction of sp³-hybridized carbons (Fsp3) is 0.171. The van der Waals surface area contributed by atoms with E-state index < -0.39 is 0 Å². The second kappa shape index (κ2) is 9.19. The third-order valence-electron chi connectivity index (χ3n) is 9.86. The summed E-state index contributed by atoms with van der Waals surface area (Å²) in [5.41, 5.74) is 12.3. The summed E-state index contributed by atoms with van der Waals surface area (Å²) in [5.74, 6) is 0. The Morgan fingerprint density at radius 1 is 0.595 bits per heavy atom. The third kappa shape index (κ3) is 3.31. The van der Waals surface area contributed by atoms with Crippen LogP contribution in [0.3, 0.4) is 0 Å². The molecule has 0 unspecified atom stereocenters. The predicted octanol–water partition coefficient (Wildman–Crippen LogP) is 9.26. The maximum Gasteiger partial charge on any atom is 0.0567 e. The summed E-state index contributed by atoms with van der Waals surface area (Å²) in [6, 6.07) is 38.6. The quantitative estimate of drug-likeness (QED) is 0.211. The Morgan fingerprint density at radius 3 is 1.98 bits per heavy atom. The topological polar surface area (TPSA) is 3.24 Å². The highest BCUT2D eigenvalue weighted by atomic mass is 15.2. The highest BCUT2D eigenvalue weighted by Gasteiger charge is 2.37. The molecular formula is C41H35N. The van der Waals surface area contributed by atoms with E-state index in [2.05, 4.69) is 148 Å². The summed E-state index contributed by atoms with van der Waals surface area (Å²) in [6.45, 7) is 10.2. The van der Waals surface area contributed by atoms with Crippen LogP contribution in [0.4, 0.5) is 11.4 Å². The summed E-state index contributed by atoms with van der Waals surface area (Å²) in [6.07, 6.45) is 5.74. The van der Waals surface area contributed by atoms with Gasteiger partial charge >= 0.3 is 0 Å². The number of fused-ring (bicyclic) bond motifs is 7. The Bertz CT molecular complexity index is 2200. The van der Waals surface area contributed by atoms with E-state index in [1.54, 1.807) is 0 Å². The molecule has 8 rings (SSSR count). The molecule has 0 atom stereocenters. The van der Waals surface area contributed by atoms with Crippen molar-refractivity contribution >= 4 is 45.1 Å². The van der Waals surface area contributed by atoms with Crippen molar-refractivity contribution in [1.82, 2.24) is 0 Å². The van der Waals surface area contributed by atoms with Gasteiger partial charge in [-0.05, 0) is 92.7 Å². The van der Waals surface area contributed by atoms with Crippen LogP contribution in [0.25, 0.3) is 56.0 Å². The zero-order valence-corrected chi connectivity index (χ0v) is 24.8. The van der Waals surface area contributed by atoms with Gasteiger partial charge in [-0.15, -0.1) is 0 Å². The molecule has 0 fully saturated rings. The molecule has 0 spiro atoms. The van der Waals surface area contributed by atoms with Gasteiger partial charge in [0.2, 0.25) is 0 Å². The molecule has 204 valence electrons. The standard InChI is InChI=1S/C41H35N/c1-5-27-28(6-2)40(42-24-23-26-15-7-14-22-37(26)42)32-19-11-10-18-31(32)38(27)34-25-36-39(30-17-9-8-16-29(30)34)33-20-12-13-21-35(33)41(36,3)4/h5-22,25H,23-24H2,1-4H3/b27-5+,28-6+. The summed E-state index contributed by atoms with van der Waals surface area (Å²) < 4.78 is 0. The fourth-order valence-electron chi connectivity index (χ4n) is 7.96. The van der Waals surface area contributed by atoms with Crippen LogP contribution < -0.4 is 15.3 Å². The molecule has 42 heavy (non-hydrogen) atoms. The second-order valence-electron chi connectivity index (χ2n) is 12.3. The van der Waals surface area contributed by atoms with E-state index >= 15 is 0 Å². The van der Waals surface area contributed by atoms with Crippen LogP contribution in [0.15, 0.2) is 103 Å². The van der Waals surface area contributed by atoms with E-state index in [1.165, 1.54) is 82.3 Å². The van der Waals surface area contributed by atoms with Gasteiger partial charge < -0.3 is 4.90 Å². The van der Waals surface area contributed by atoms with Crippen LogP contribution in [0.1, 0.15) is 44.4 Å². The van der Waals surface area contributed by atoms with Crippen LogP contribution in [0.5, 0.6) is 0 Å². The molecule has 1 nitrogen and oxygen atoms in total. The zero-order valence-electron chi connectivity index (χ0n) is 24.8. The normalized spacial score (nSPS) is 15.9. The maximum atomic E-state index is 2.56. The summed E-state index contributed by atoms with van der Waals surface area (Å²) in [7, 11) is 0. The predicted molar refractivity (Wildman–Crippen MR) is 181 cm³/mol. The lowest BCUT2D eigenvalue weighted by Gasteiger charge is -2.26. The van der Waals surface area contributed by atoms with Crippen molar-refractivity contribution in [3.63, 3.8) is 0 Å². The number of hydrogen-bond acceptors (Lipinski definition) is 1. The first-order valence-corrected chi connectivity index (χ1v) is 15.2. The molecule has 6 aromatic rings. The van der Waals surface area contributed by atoms with E-state index in [0.717, 1.165) is 13.0 Å². The second-order valence-corrected chi connectivity index (χ2v) is 12.3. The largest absolute Gasteiger partial charge is 0.340 e. The van der Waals surface area contributed by atoms with Crippen molar-refractivity contribution in [3.8, 4) is 22.3 Å². The first-order valence-electron chi connectivity index (χ1n) is 15.2. The van der Waals surface area contributed by atoms with E-state index in [9.17, 15) is 0 Å². The molecule has 0 saturated heterocycles. The molecule has 0 amide bonds. The molecule has 2 aliphatic rings. The van der Waals surface area contributed by atoms with Gasteiger partial charge in [0.05, 0.1) is 5.69 Å². The molecule has 1 heteroatoms. The Balaban J connectivity index is 1.52. The zero-order chi connectivity index (χ0) is 28.6. The summed E-state index contributed by atoms with van der Waals surface area (Å²) in [5, 5.41) is 7.92. The van der Waals surface area contributed by atoms with Gasteiger partial charge in [-0.1, -0.05) is 117 Å². The van der Waals surface area contributed by atoms with Gasteiger partial charge in [0.25, 0.3) is 0 Å². The van der Waals surface area contributed by atoms with Crippen molar-refractivity contribution in [2.24, 2.45) is 0 Å². The Labute approximate surface area is 248 Å². The Hall–Kier alpha value is -4.62. The Morgan fingerprint density at radius 2 is 1.21 bits per heavy atom. The summed E-state index contributed by atoms with van der Waals surface area (Å²) in [4.78, 5) is 2.56. The van der Waals surface area contributed by atoms with Gasteiger partial charge in [0, 0.05) is 28.3 Å². The maximum absolute atomic E-state index is 2.56. The Kier molecular flexibility index (Phi) is 5.50. The third-order valence-corrected chi connectivity index (χ3v) is 9.86. The van der Waals surface area contributed by atoms with Crippen LogP contribution in [0.2, 0.25) is 0 Å². The van der Waals surface area contributed by atoms with Crippen molar-refractivity contribution in [2.45, 2.75) is 39.5 Å². The highest BCUT2D eigenvalue weighted by Crippen LogP contribution is 2.53. The average Bonchev–Trinajstić information content (AvgIpc) is 3.56. The van der Waals surface area contributed by atoms with Crippen LogP contribution in [0, 0.1) is 0 Å². The molecule has 1 heterocycles. The lowest BCUT2D eigenvalue weighted by molar-refractivity contribution is 0.661.